The van der Waals surface area contributed by atoms with Crippen LogP contribution in [-0.2, 0) is 19.7 Å². The zero-order valence-corrected chi connectivity index (χ0v) is 24.2. The van der Waals surface area contributed by atoms with E-state index in [-0.39, 0.29) is 28.9 Å². The lowest BCUT2D eigenvalue weighted by Crippen LogP contribution is -2.43. The number of hydrogen-bond donors (Lipinski definition) is 2. The molecule has 0 unspecified atom stereocenters. The number of nitrogens with zero attached hydrogens (tertiary/aromatic N) is 5. The van der Waals surface area contributed by atoms with Gasteiger partial charge >= 0.3 is 6.02 Å². The van der Waals surface area contributed by atoms with Crippen molar-refractivity contribution in [3.8, 4) is 17.0 Å². The van der Waals surface area contributed by atoms with E-state index in [0.29, 0.717) is 60.4 Å². The summed E-state index contributed by atoms with van der Waals surface area (Å²) in [4.78, 5) is 27.0. The number of rotatable bonds is 8. The maximum absolute atomic E-state index is 15.3. The van der Waals surface area contributed by atoms with E-state index < -0.39 is 21.7 Å². The Morgan fingerprint density at radius 2 is 2.00 bits per heavy atom. The molecule has 2 aromatic heterocycles. The molecule has 0 bridgehead atoms. The third-order valence-electron chi connectivity index (χ3n) is 6.76. The Balaban J connectivity index is 1.55. The summed E-state index contributed by atoms with van der Waals surface area (Å²) in [5.41, 5.74) is 2.01. The number of piperidine rings is 1. The molecule has 12 nitrogen and oxygen atoms in total. The Labute approximate surface area is 238 Å². The monoisotopic (exact) mass is 587 g/mol. The van der Waals surface area contributed by atoms with Gasteiger partial charge in [0.25, 0.3) is 10.0 Å². The molecule has 0 radical (unpaired) electrons. The van der Waals surface area contributed by atoms with Gasteiger partial charge in [-0.25, -0.2) is 27.5 Å². The Morgan fingerprint density at radius 1 is 1.29 bits per heavy atom. The molecule has 0 saturated carbocycles. The predicted molar refractivity (Wildman–Crippen MR) is 151 cm³/mol. The first-order chi connectivity index (χ1) is 19.4. The summed E-state index contributed by atoms with van der Waals surface area (Å²) >= 11 is 0. The summed E-state index contributed by atoms with van der Waals surface area (Å²) in [6, 6.07) is 5.44. The highest BCUT2D eigenvalue weighted by atomic mass is 32.2. The van der Waals surface area contributed by atoms with Crippen molar-refractivity contribution in [3.05, 3.63) is 54.2 Å². The summed E-state index contributed by atoms with van der Waals surface area (Å²) in [6.07, 6.45) is 2.70. The van der Waals surface area contributed by atoms with Gasteiger partial charge in [-0.1, -0.05) is 27.4 Å². The minimum Gasteiger partial charge on any atom is -0.474 e. The molecule has 4 rings (SSSR count). The molecule has 1 amide bonds. The quantitative estimate of drug-likeness (QED) is 0.230. The van der Waals surface area contributed by atoms with Crippen molar-refractivity contribution < 1.29 is 27.2 Å². The number of ether oxygens (including phenoxy) is 1. The third kappa shape index (κ3) is 6.49. The zero-order valence-electron chi connectivity index (χ0n) is 23.4. The van der Waals surface area contributed by atoms with E-state index >= 15 is 4.39 Å². The van der Waals surface area contributed by atoms with Crippen molar-refractivity contribution in [1.29, 1.82) is 0 Å². The summed E-state index contributed by atoms with van der Waals surface area (Å²) in [5.74, 6) is 4.57. The first-order valence-electron chi connectivity index (χ1n) is 13.2. The maximum Gasteiger partial charge on any atom is 0.311 e. The topological polar surface area (TPSA) is 154 Å². The summed E-state index contributed by atoms with van der Waals surface area (Å²) in [5, 5.41) is 4.53. The molecular weight excluding hydrogens is 553 g/mol. The Hall–Kier alpha value is -4.04. The van der Waals surface area contributed by atoms with Crippen LogP contribution in [-0.4, -0.2) is 59.0 Å². The number of likely N-dealkylation sites (tertiary alicyclic amines) is 1. The molecule has 3 aromatic rings. The van der Waals surface area contributed by atoms with Gasteiger partial charge in [-0.15, -0.1) is 0 Å². The minimum absolute atomic E-state index is 0.0254. The zero-order chi connectivity index (χ0) is 29.9. The van der Waals surface area contributed by atoms with E-state index in [1.165, 1.54) is 23.6 Å². The van der Waals surface area contributed by atoms with Gasteiger partial charge in [0.2, 0.25) is 11.8 Å². The Morgan fingerprint density at radius 3 is 2.61 bits per heavy atom. The summed E-state index contributed by atoms with van der Waals surface area (Å²) in [7, 11) is -4.20. The van der Waals surface area contributed by atoms with Crippen LogP contribution < -0.4 is 15.4 Å². The smallest absolute Gasteiger partial charge is 0.311 e. The molecule has 3 heterocycles. The molecule has 0 aliphatic carbocycles. The van der Waals surface area contributed by atoms with Gasteiger partial charge in [0.05, 0.1) is 16.2 Å². The van der Waals surface area contributed by atoms with Gasteiger partial charge in [-0.2, -0.15) is 15.5 Å². The van der Waals surface area contributed by atoms with Crippen LogP contribution in [0.4, 0.5) is 4.39 Å². The number of nitrogens with two attached hydrogens (primary N) is 1. The lowest BCUT2D eigenvalue weighted by molar-refractivity contribution is -0.119. The molecule has 0 atom stereocenters. The van der Waals surface area contributed by atoms with Crippen molar-refractivity contribution in [2.45, 2.75) is 58.0 Å². The van der Waals surface area contributed by atoms with Gasteiger partial charge in [-0.05, 0) is 31.0 Å². The number of benzene rings is 1. The molecule has 41 heavy (non-hydrogen) atoms. The van der Waals surface area contributed by atoms with Crippen LogP contribution in [0.5, 0.6) is 5.88 Å². The number of aryl methyl sites for hydroxylation is 1. The number of sulfonamides is 1. The normalized spacial score (nSPS) is 14.9. The number of halogens is 1. The van der Waals surface area contributed by atoms with E-state index in [4.69, 9.17) is 15.5 Å². The standard InChI is InChI=1S/C27H34FN7O5S/c1-6-23(36)33-41(37,38)20-7-8-21(22(28)15-20)25-18(5)32-35-24(9-12-30-26(25)35)39-19-10-13-34(14-11-19)27(40-29)31-17(4)16(2)3/h7-9,12,15-16,19H,4,6,10-11,13-14,29H2,1-3,5H3,(H,33,36). The maximum atomic E-state index is 15.3. The lowest BCUT2D eigenvalue weighted by atomic mass is 10.1. The fourth-order valence-corrected chi connectivity index (χ4v) is 5.41. The van der Waals surface area contributed by atoms with Crippen LogP contribution >= 0.6 is 0 Å². The second-order valence-electron chi connectivity index (χ2n) is 9.97. The summed E-state index contributed by atoms with van der Waals surface area (Å²) < 4.78 is 49.9. The SMILES string of the molecule is C=C(N=C(ON)N1CCC(Oc2ccnc3c(-c4ccc(S(=O)(=O)NC(=O)CC)cc4F)c(C)nn23)CC1)C(C)C. The highest BCUT2D eigenvalue weighted by Gasteiger charge is 2.26. The number of hydrogen-bond acceptors (Lipinski definition) is 9. The second-order valence-corrected chi connectivity index (χ2v) is 11.6. The van der Waals surface area contributed by atoms with E-state index in [1.807, 2.05) is 23.5 Å². The van der Waals surface area contributed by atoms with Crippen molar-refractivity contribution in [2.75, 3.05) is 13.1 Å². The first-order valence-corrected chi connectivity index (χ1v) is 14.7. The van der Waals surface area contributed by atoms with Crippen LogP contribution in [0.15, 0.2) is 52.6 Å². The predicted octanol–water partition coefficient (Wildman–Crippen LogP) is 3.32. The fourth-order valence-electron chi connectivity index (χ4n) is 4.34. The van der Waals surface area contributed by atoms with Gasteiger partial charge < -0.3 is 14.5 Å². The first kappa shape index (κ1) is 29.9. The molecule has 14 heteroatoms. The van der Waals surface area contributed by atoms with Crippen molar-refractivity contribution in [3.63, 3.8) is 0 Å². The van der Waals surface area contributed by atoms with Crippen LogP contribution in [0.25, 0.3) is 16.8 Å². The van der Waals surface area contributed by atoms with Gasteiger partial charge in [0.1, 0.15) is 11.9 Å². The van der Waals surface area contributed by atoms with Gasteiger partial charge in [-0.3, -0.25) is 4.79 Å². The number of carbonyl (C=O) groups excluding carboxylic acids is 1. The largest absolute Gasteiger partial charge is 0.474 e. The molecule has 1 fully saturated rings. The summed E-state index contributed by atoms with van der Waals surface area (Å²) in [6.45, 7) is 12.3. The molecular formula is C27H34FN7O5S. The number of amides is 1. The Bertz CT molecular complexity index is 1590. The molecule has 1 aliphatic heterocycles. The Kier molecular flexibility index (Phi) is 8.92. The average molecular weight is 588 g/mol. The minimum atomic E-state index is -4.20. The molecule has 0 spiro atoms. The van der Waals surface area contributed by atoms with E-state index in [2.05, 4.69) is 21.7 Å². The second kappa shape index (κ2) is 12.2. The van der Waals surface area contributed by atoms with Crippen molar-refractivity contribution in [2.24, 2.45) is 16.8 Å². The third-order valence-corrected chi connectivity index (χ3v) is 8.13. The van der Waals surface area contributed by atoms with E-state index in [0.717, 1.165) is 6.07 Å². The number of aromatic nitrogens is 3. The molecule has 1 aliphatic rings. The van der Waals surface area contributed by atoms with E-state index in [9.17, 15) is 13.2 Å². The van der Waals surface area contributed by atoms with Crippen LogP contribution in [0.3, 0.4) is 0 Å². The molecule has 1 aromatic carbocycles. The highest BCUT2D eigenvalue weighted by Crippen LogP contribution is 2.33. The van der Waals surface area contributed by atoms with Crippen molar-refractivity contribution in [1.82, 2.24) is 24.2 Å². The van der Waals surface area contributed by atoms with Gasteiger partial charge in [0.15, 0.2) is 5.65 Å². The van der Waals surface area contributed by atoms with E-state index in [1.54, 1.807) is 19.2 Å². The number of aliphatic imine (C=N–C) groups is 1. The van der Waals surface area contributed by atoms with Crippen LogP contribution in [0.1, 0.15) is 45.7 Å². The van der Waals surface area contributed by atoms with Gasteiger partial charge in [0, 0.05) is 55.9 Å². The van der Waals surface area contributed by atoms with Crippen LogP contribution in [0.2, 0.25) is 0 Å². The highest BCUT2D eigenvalue weighted by molar-refractivity contribution is 7.90. The molecule has 1 saturated heterocycles. The number of nitrogens with one attached hydrogen (secondary N) is 1. The lowest BCUT2D eigenvalue weighted by Gasteiger charge is -2.32. The fraction of sp³-hybridized carbons (Fsp3) is 0.407. The number of amidine groups is 1. The van der Waals surface area contributed by atoms with Crippen LogP contribution in [0, 0.1) is 18.7 Å². The molecule has 3 N–H and O–H groups in total. The molecule has 220 valence electrons. The number of carbonyl (C=O) groups is 1. The number of allylic oxidation sites excluding steroid dienone is 1. The average Bonchev–Trinajstić information content (AvgIpc) is 3.28. The van der Waals surface area contributed by atoms with Crippen molar-refractivity contribution >= 4 is 27.6 Å². The number of fused-ring (bicyclic) bond motifs is 1.